The van der Waals surface area contributed by atoms with Crippen LogP contribution in [0.4, 0.5) is 4.39 Å². The van der Waals surface area contributed by atoms with Gasteiger partial charge < -0.3 is 14.6 Å². The summed E-state index contributed by atoms with van der Waals surface area (Å²) in [5.41, 5.74) is 3.24. The Morgan fingerprint density at radius 3 is 2.74 bits per heavy atom. The molecule has 0 aliphatic carbocycles. The van der Waals surface area contributed by atoms with Gasteiger partial charge in [-0.1, -0.05) is 16.8 Å². The van der Waals surface area contributed by atoms with E-state index >= 15 is 0 Å². The zero-order valence-corrected chi connectivity index (χ0v) is 21.9. The van der Waals surface area contributed by atoms with Crippen molar-refractivity contribution < 1.29 is 19.0 Å². The van der Waals surface area contributed by atoms with Gasteiger partial charge in [0.15, 0.2) is 5.82 Å². The van der Waals surface area contributed by atoms with Crippen LogP contribution in [0.1, 0.15) is 41.9 Å². The maximum Gasteiger partial charge on any atom is 0.160 e. The van der Waals surface area contributed by atoms with Crippen molar-refractivity contribution in [1.82, 2.24) is 34.5 Å². The van der Waals surface area contributed by atoms with Gasteiger partial charge in [0.2, 0.25) is 0 Å². The van der Waals surface area contributed by atoms with E-state index in [0.29, 0.717) is 34.1 Å². The number of nitriles is 1. The molecule has 4 aromatic rings. The second-order valence-corrected chi connectivity index (χ2v) is 10.2. The number of pyridine rings is 2. The summed E-state index contributed by atoms with van der Waals surface area (Å²) in [6.45, 7) is 5.41. The summed E-state index contributed by atoms with van der Waals surface area (Å²) in [4.78, 5) is 6.38. The lowest BCUT2D eigenvalue weighted by molar-refractivity contribution is -0.0735. The average Bonchev–Trinajstić information content (AvgIpc) is 3.51. The van der Waals surface area contributed by atoms with Crippen molar-refractivity contribution >= 4 is 17.1 Å². The van der Waals surface area contributed by atoms with Gasteiger partial charge in [-0.05, 0) is 31.9 Å². The zero-order valence-electron chi connectivity index (χ0n) is 21.2. The quantitative estimate of drug-likeness (QED) is 0.368. The molecule has 6 heterocycles. The maximum absolute atomic E-state index is 13.5. The van der Waals surface area contributed by atoms with E-state index in [9.17, 15) is 14.8 Å². The lowest BCUT2D eigenvalue weighted by Crippen LogP contribution is -2.52. The van der Waals surface area contributed by atoms with E-state index in [0.717, 1.165) is 51.0 Å². The summed E-state index contributed by atoms with van der Waals surface area (Å²) in [6.07, 6.45) is 4.97. The number of halogens is 2. The minimum atomic E-state index is -1.18. The van der Waals surface area contributed by atoms with E-state index in [1.165, 1.54) is 12.3 Å². The van der Waals surface area contributed by atoms with Gasteiger partial charge in [0.25, 0.3) is 0 Å². The molecule has 0 bridgehead atoms. The van der Waals surface area contributed by atoms with E-state index in [2.05, 4.69) is 31.4 Å². The summed E-state index contributed by atoms with van der Waals surface area (Å²) in [7, 11) is 0. The van der Waals surface area contributed by atoms with Crippen molar-refractivity contribution in [3.63, 3.8) is 0 Å². The van der Waals surface area contributed by atoms with Gasteiger partial charge in [0.05, 0.1) is 54.1 Å². The number of rotatable bonds is 7. The number of aromatic nitrogens is 6. The van der Waals surface area contributed by atoms with Crippen molar-refractivity contribution in [1.29, 1.82) is 5.26 Å². The van der Waals surface area contributed by atoms with Gasteiger partial charge in [0.1, 0.15) is 41.3 Å². The van der Waals surface area contributed by atoms with Crippen LogP contribution in [-0.4, -0.2) is 78.6 Å². The summed E-state index contributed by atoms with van der Waals surface area (Å²) in [5.74, 6) is -0.346. The Bertz CT molecular complexity index is 1550. The molecular weight excluding hydrogens is 527 g/mol. The second kappa shape index (κ2) is 10.5. The van der Waals surface area contributed by atoms with E-state index in [1.807, 2.05) is 11.6 Å². The van der Waals surface area contributed by atoms with Gasteiger partial charge in [-0.25, -0.2) is 13.6 Å². The standard InChI is InChI=1S/C26H26ClFN8O3/c1-15-25(32-33-36(15)18-2-4-34(5-3-18)19-12-38-13-19)16-6-24(26-17(8-29)9-31-35(26)11-16)39-14-23(37)22-7-20(27)21(28)10-30-22/h6-7,9-11,18-19,23,37H,2-5,12-14H2,1H3. The first-order chi connectivity index (χ1) is 18.9. The molecule has 0 saturated carbocycles. The fourth-order valence-corrected chi connectivity index (χ4v) is 5.32. The minimum absolute atomic E-state index is 0.146. The highest BCUT2D eigenvalue weighted by molar-refractivity contribution is 6.30. The molecule has 1 unspecified atom stereocenters. The SMILES string of the molecule is Cc1c(-c2cc(OCC(O)c3cc(Cl)c(F)cn3)c3c(C#N)cnn3c2)nnn1C1CCN(C2COC2)CC1. The number of aliphatic hydroxyl groups is 1. The Hall–Kier alpha value is -3.63. The van der Waals surface area contributed by atoms with Gasteiger partial charge in [0, 0.05) is 24.8 Å². The third kappa shape index (κ3) is 4.83. The molecule has 0 spiro atoms. The van der Waals surface area contributed by atoms with Crippen LogP contribution in [0.15, 0.2) is 30.7 Å². The topological polar surface area (TPSA) is 127 Å². The molecule has 2 aliphatic rings. The zero-order chi connectivity index (χ0) is 27.1. The molecule has 0 amide bonds. The van der Waals surface area contributed by atoms with E-state index in [-0.39, 0.29) is 23.4 Å². The molecular formula is C26H26ClFN8O3. The number of hydrogen-bond donors (Lipinski definition) is 1. The van der Waals surface area contributed by atoms with Crippen molar-refractivity contribution in [2.24, 2.45) is 0 Å². The number of piperidine rings is 1. The minimum Gasteiger partial charge on any atom is -0.488 e. The van der Waals surface area contributed by atoms with E-state index in [4.69, 9.17) is 21.1 Å². The number of ether oxygens (including phenoxy) is 2. The number of fused-ring (bicyclic) bond motifs is 1. The average molecular weight is 553 g/mol. The second-order valence-electron chi connectivity index (χ2n) is 9.83. The van der Waals surface area contributed by atoms with Gasteiger partial charge in [-0.3, -0.25) is 9.88 Å². The fourth-order valence-electron chi connectivity index (χ4n) is 5.15. The van der Waals surface area contributed by atoms with Gasteiger partial charge in [-0.15, -0.1) is 5.10 Å². The normalized spacial score (nSPS) is 17.7. The molecule has 39 heavy (non-hydrogen) atoms. The highest BCUT2D eigenvalue weighted by Crippen LogP contribution is 2.33. The van der Waals surface area contributed by atoms with Gasteiger partial charge >= 0.3 is 0 Å². The fraction of sp³-hybridized carbons (Fsp3) is 0.423. The molecule has 0 radical (unpaired) electrons. The van der Waals surface area contributed by atoms with Crippen LogP contribution >= 0.6 is 11.6 Å². The molecule has 6 rings (SSSR count). The molecule has 1 N–H and O–H groups in total. The van der Waals surface area contributed by atoms with Crippen LogP contribution in [0.3, 0.4) is 0 Å². The van der Waals surface area contributed by atoms with Crippen molar-refractivity contribution in [2.75, 3.05) is 32.9 Å². The first-order valence-corrected chi connectivity index (χ1v) is 13.1. The Balaban J connectivity index is 1.26. The van der Waals surface area contributed by atoms with Crippen LogP contribution in [-0.2, 0) is 4.74 Å². The Kier molecular flexibility index (Phi) is 6.90. The smallest absolute Gasteiger partial charge is 0.160 e. The van der Waals surface area contributed by atoms with Crippen molar-refractivity contribution in [3.8, 4) is 23.1 Å². The van der Waals surface area contributed by atoms with Crippen molar-refractivity contribution in [2.45, 2.75) is 38.0 Å². The highest BCUT2D eigenvalue weighted by atomic mass is 35.5. The lowest BCUT2D eigenvalue weighted by atomic mass is 10.0. The molecule has 2 saturated heterocycles. The Morgan fingerprint density at radius 2 is 2.05 bits per heavy atom. The first kappa shape index (κ1) is 25.6. The Morgan fingerprint density at radius 1 is 1.26 bits per heavy atom. The number of aliphatic hydroxyl groups excluding tert-OH is 1. The van der Waals surface area contributed by atoms with E-state index < -0.39 is 11.9 Å². The molecule has 2 aliphatic heterocycles. The van der Waals surface area contributed by atoms with E-state index in [1.54, 1.807) is 16.8 Å². The summed E-state index contributed by atoms with van der Waals surface area (Å²) >= 11 is 5.83. The molecule has 1 atom stereocenters. The third-order valence-corrected chi connectivity index (χ3v) is 7.74. The third-order valence-electron chi connectivity index (χ3n) is 7.45. The Labute approximate surface area is 228 Å². The van der Waals surface area contributed by atoms with Crippen LogP contribution in [0.2, 0.25) is 5.02 Å². The number of likely N-dealkylation sites (tertiary alicyclic amines) is 1. The predicted molar refractivity (Wildman–Crippen MR) is 138 cm³/mol. The summed E-state index contributed by atoms with van der Waals surface area (Å²) in [6, 6.07) is 5.92. The monoisotopic (exact) mass is 552 g/mol. The largest absolute Gasteiger partial charge is 0.488 e. The van der Waals surface area contributed by atoms with Crippen LogP contribution in [0, 0.1) is 24.1 Å². The molecule has 4 aromatic heterocycles. The molecule has 13 heteroatoms. The van der Waals surface area contributed by atoms with Crippen LogP contribution in [0.25, 0.3) is 16.8 Å². The summed E-state index contributed by atoms with van der Waals surface area (Å²) < 4.78 is 28.4. The predicted octanol–water partition coefficient (Wildman–Crippen LogP) is 3.11. The highest BCUT2D eigenvalue weighted by Gasteiger charge is 2.31. The number of nitrogens with zero attached hydrogens (tertiary/aromatic N) is 8. The molecule has 202 valence electrons. The molecule has 0 aromatic carbocycles. The summed E-state index contributed by atoms with van der Waals surface area (Å²) in [5, 5.41) is 33.4. The van der Waals surface area contributed by atoms with Gasteiger partial charge in [-0.2, -0.15) is 10.4 Å². The maximum atomic E-state index is 13.5. The van der Waals surface area contributed by atoms with Crippen LogP contribution < -0.4 is 4.74 Å². The first-order valence-electron chi connectivity index (χ1n) is 12.7. The van der Waals surface area contributed by atoms with Crippen LogP contribution in [0.5, 0.6) is 5.75 Å². The number of hydrogen-bond acceptors (Lipinski definition) is 9. The molecule has 11 nitrogen and oxygen atoms in total. The molecule has 2 fully saturated rings. The van der Waals surface area contributed by atoms with Crippen molar-refractivity contribution in [3.05, 3.63) is 58.5 Å². The lowest BCUT2D eigenvalue weighted by Gasteiger charge is -2.41.